The molecule has 0 aliphatic carbocycles. The van der Waals surface area contributed by atoms with Gasteiger partial charge in [-0.2, -0.15) is 13.2 Å². The van der Waals surface area contributed by atoms with Crippen LogP contribution in [0.15, 0.2) is 12.1 Å². The molecule has 8 heteroatoms. The predicted molar refractivity (Wildman–Crippen MR) is 63.0 cm³/mol. The number of carbonyl (C=O) groups excluding carboxylic acids is 1. The fraction of sp³-hybridized carbons (Fsp3) is 0.417. The van der Waals surface area contributed by atoms with Gasteiger partial charge in [-0.25, -0.2) is 0 Å². The van der Waals surface area contributed by atoms with Crippen LogP contribution in [0.4, 0.5) is 18.9 Å². The monoisotopic (exact) mass is 288 g/mol. The van der Waals surface area contributed by atoms with Crippen LogP contribution >= 0.6 is 0 Å². The van der Waals surface area contributed by atoms with E-state index in [2.05, 4.69) is 0 Å². The van der Waals surface area contributed by atoms with Crippen LogP contribution in [-0.2, 0) is 17.8 Å². The van der Waals surface area contributed by atoms with E-state index in [0.717, 1.165) is 0 Å². The summed E-state index contributed by atoms with van der Waals surface area (Å²) in [6.07, 6.45) is -4.72. The molecule has 0 aromatic heterocycles. The van der Waals surface area contributed by atoms with E-state index in [1.54, 1.807) is 0 Å². The van der Waals surface area contributed by atoms with E-state index >= 15 is 0 Å². The molecule has 0 unspecified atom stereocenters. The van der Waals surface area contributed by atoms with Crippen LogP contribution in [-0.4, -0.2) is 28.5 Å². The highest BCUT2D eigenvalue weighted by Gasteiger charge is 2.43. The van der Waals surface area contributed by atoms with Crippen molar-refractivity contribution in [3.8, 4) is 0 Å². The Balaban J connectivity index is 2.30. The van der Waals surface area contributed by atoms with E-state index in [1.807, 2.05) is 0 Å². The number of rotatable bonds is 1. The van der Waals surface area contributed by atoms with Gasteiger partial charge in [0, 0.05) is 24.7 Å². The van der Waals surface area contributed by atoms with Gasteiger partial charge in [-0.15, -0.1) is 0 Å². The Morgan fingerprint density at radius 1 is 1.35 bits per heavy atom. The quantitative estimate of drug-likeness (QED) is 0.588. The number of halogens is 3. The lowest BCUT2D eigenvalue weighted by Crippen LogP contribution is -2.43. The molecule has 1 aliphatic rings. The molecule has 108 valence electrons. The van der Waals surface area contributed by atoms with Gasteiger partial charge < -0.3 is 4.90 Å². The molecule has 0 radical (unpaired) electrons. The summed E-state index contributed by atoms with van der Waals surface area (Å²) < 4.78 is 37.1. The number of fused-ring (bicyclic) bond motifs is 1. The van der Waals surface area contributed by atoms with E-state index in [1.165, 1.54) is 19.1 Å². The lowest BCUT2D eigenvalue weighted by molar-refractivity contribution is -0.385. The fourth-order valence-corrected chi connectivity index (χ4v) is 2.27. The van der Waals surface area contributed by atoms with Crippen molar-refractivity contribution in [3.05, 3.63) is 38.9 Å². The highest BCUT2D eigenvalue weighted by molar-refractivity contribution is 5.82. The minimum atomic E-state index is -4.90. The highest BCUT2D eigenvalue weighted by Crippen LogP contribution is 2.29. The van der Waals surface area contributed by atoms with Gasteiger partial charge in [0.1, 0.15) is 0 Å². The fourth-order valence-electron chi connectivity index (χ4n) is 2.27. The molecule has 0 bridgehead atoms. The maximum absolute atomic E-state index is 12.4. The van der Waals surface area contributed by atoms with Crippen LogP contribution < -0.4 is 0 Å². The molecular weight excluding hydrogens is 277 g/mol. The lowest BCUT2D eigenvalue weighted by atomic mass is 9.96. The topological polar surface area (TPSA) is 63.5 Å². The Bertz CT molecular complexity index is 584. The smallest absolute Gasteiger partial charge is 0.330 e. The second-order valence-corrected chi connectivity index (χ2v) is 4.64. The largest absolute Gasteiger partial charge is 0.471 e. The normalized spacial score (nSPS) is 14.9. The van der Waals surface area contributed by atoms with Crippen molar-refractivity contribution in [1.29, 1.82) is 0 Å². The number of nitro benzene ring substituents is 1. The zero-order valence-corrected chi connectivity index (χ0v) is 10.5. The first-order chi connectivity index (χ1) is 9.20. The minimum Gasteiger partial charge on any atom is -0.330 e. The van der Waals surface area contributed by atoms with Crippen LogP contribution in [0.3, 0.4) is 0 Å². The number of nitrogens with zero attached hydrogens (tertiary/aromatic N) is 2. The van der Waals surface area contributed by atoms with Crippen LogP contribution in [0.25, 0.3) is 0 Å². The average Bonchev–Trinajstić information content (AvgIpc) is 2.34. The molecule has 0 saturated carbocycles. The summed E-state index contributed by atoms with van der Waals surface area (Å²) in [7, 11) is 0. The predicted octanol–water partition coefficient (Wildman–Crippen LogP) is 2.35. The zero-order valence-electron chi connectivity index (χ0n) is 10.5. The first kappa shape index (κ1) is 14.3. The van der Waals surface area contributed by atoms with Crippen LogP contribution in [0.1, 0.15) is 16.7 Å². The summed E-state index contributed by atoms with van der Waals surface area (Å²) in [5.74, 6) is -1.88. The molecule has 0 spiro atoms. The van der Waals surface area contributed by atoms with E-state index in [0.29, 0.717) is 21.6 Å². The van der Waals surface area contributed by atoms with Gasteiger partial charge in [-0.1, -0.05) is 0 Å². The number of nitro groups is 1. The first-order valence-electron chi connectivity index (χ1n) is 5.83. The van der Waals surface area contributed by atoms with Crippen molar-refractivity contribution >= 4 is 11.6 Å². The number of hydrogen-bond donors (Lipinski definition) is 0. The summed E-state index contributed by atoms with van der Waals surface area (Å²) >= 11 is 0. The maximum Gasteiger partial charge on any atom is 0.471 e. The summed E-state index contributed by atoms with van der Waals surface area (Å²) in [5.41, 5.74) is 1.46. The van der Waals surface area contributed by atoms with E-state index in [4.69, 9.17) is 0 Å². The second-order valence-electron chi connectivity index (χ2n) is 4.64. The lowest BCUT2D eigenvalue weighted by Gasteiger charge is -2.29. The number of carbonyl (C=O) groups is 1. The van der Waals surface area contributed by atoms with Gasteiger partial charge in [0.2, 0.25) is 0 Å². The van der Waals surface area contributed by atoms with Gasteiger partial charge >= 0.3 is 12.1 Å². The van der Waals surface area contributed by atoms with Crippen molar-refractivity contribution in [3.63, 3.8) is 0 Å². The third-order valence-corrected chi connectivity index (χ3v) is 3.26. The SMILES string of the molecule is Cc1cc2c(cc1[N+](=O)[O-])CCN(C(=O)C(F)(F)F)C2. The third-order valence-electron chi connectivity index (χ3n) is 3.26. The number of aryl methyl sites for hydroxylation is 1. The van der Waals surface area contributed by atoms with Crippen LogP contribution in [0.5, 0.6) is 0 Å². The van der Waals surface area contributed by atoms with Crippen molar-refractivity contribution in [1.82, 2.24) is 4.90 Å². The van der Waals surface area contributed by atoms with Crippen molar-refractivity contribution in [2.45, 2.75) is 26.1 Å². The summed E-state index contributed by atoms with van der Waals surface area (Å²) in [5, 5.41) is 10.8. The van der Waals surface area contributed by atoms with E-state index in [9.17, 15) is 28.1 Å². The molecule has 0 fully saturated rings. The van der Waals surface area contributed by atoms with E-state index in [-0.39, 0.29) is 25.2 Å². The minimum absolute atomic E-state index is 0.0562. The summed E-state index contributed by atoms with van der Waals surface area (Å²) in [6.45, 7) is 1.25. The van der Waals surface area contributed by atoms with Crippen LogP contribution in [0.2, 0.25) is 0 Å². The average molecular weight is 288 g/mol. The molecule has 1 aromatic rings. The Morgan fingerprint density at radius 2 is 2.00 bits per heavy atom. The third kappa shape index (κ3) is 2.59. The Hall–Kier alpha value is -2.12. The van der Waals surface area contributed by atoms with Gasteiger partial charge in [-0.3, -0.25) is 14.9 Å². The van der Waals surface area contributed by atoms with Crippen molar-refractivity contribution in [2.24, 2.45) is 0 Å². The molecule has 2 rings (SSSR count). The molecule has 5 nitrogen and oxygen atoms in total. The maximum atomic E-state index is 12.4. The van der Waals surface area contributed by atoms with Crippen molar-refractivity contribution in [2.75, 3.05) is 6.54 Å². The molecule has 1 aromatic carbocycles. The molecule has 1 amide bonds. The van der Waals surface area contributed by atoms with Crippen molar-refractivity contribution < 1.29 is 22.9 Å². The van der Waals surface area contributed by atoms with E-state index < -0.39 is 17.0 Å². The zero-order chi connectivity index (χ0) is 15.1. The van der Waals surface area contributed by atoms with Gasteiger partial charge in [0.25, 0.3) is 5.69 Å². The number of alkyl halides is 3. The summed E-state index contributed by atoms with van der Waals surface area (Å²) in [4.78, 5) is 22.2. The molecule has 20 heavy (non-hydrogen) atoms. The molecule has 0 N–H and O–H groups in total. The Kier molecular flexibility index (Phi) is 3.41. The van der Waals surface area contributed by atoms with Gasteiger partial charge in [-0.05, 0) is 30.5 Å². The number of hydrogen-bond acceptors (Lipinski definition) is 3. The standard InChI is InChI=1S/C12H11F3N2O3/c1-7-4-9-6-16(11(18)12(13,14)15)3-2-8(9)5-10(7)17(19)20/h4-5H,2-3,6H2,1H3. The van der Waals surface area contributed by atoms with Gasteiger partial charge in [0.15, 0.2) is 0 Å². The number of benzene rings is 1. The number of amides is 1. The van der Waals surface area contributed by atoms with Gasteiger partial charge in [0.05, 0.1) is 4.92 Å². The molecular formula is C12H11F3N2O3. The molecule has 0 saturated heterocycles. The summed E-state index contributed by atoms with van der Waals surface area (Å²) in [6, 6.07) is 2.85. The molecule has 1 aliphatic heterocycles. The second kappa shape index (κ2) is 4.77. The molecule has 0 atom stereocenters. The van der Waals surface area contributed by atoms with Crippen LogP contribution in [0, 0.1) is 17.0 Å². The Labute approximate surface area is 112 Å². The Morgan fingerprint density at radius 3 is 2.55 bits per heavy atom. The molecule has 1 heterocycles. The first-order valence-corrected chi connectivity index (χ1v) is 5.83. The highest BCUT2D eigenvalue weighted by atomic mass is 19.4.